The number of halogens is 3. The number of ether oxygens (including phenoxy) is 1. The summed E-state index contributed by atoms with van der Waals surface area (Å²) in [5, 5.41) is 3.82. The molecule has 1 aromatic carbocycles. The third-order valence-electron chi connectivity index (χ3n) is 2.16. The molecule has 4 nitrogen and oxygen atoms in total. The van der Waals surface area contributed by atoms with Crippen LogP contribution in [0.25, 0.3) is 11.1 Å². The Balaban J connectivity index is 2.20. The number of hydrogen-bond acceptors (Lipinski definition) is 3. The number of alkyl halides is 3. The van der Waals surface area contributed by atoms with Gasteiger partial charge in [0.05, 0.1) is 0 Å². The quantitative estimate of drug-likeness (QED) is 0.656. The van der Waals surface area contributed by atoms with Gasteiger partial charge in [0.2, 0.25) is 6.20 Å². The van der Waals surface area contributed by atoms with Crippen LogP contribution in [0.15, 0.2) is 42.7 Å². The van der Waals surface area contributed by atoms with Crippen LogP contribution in [0.5, 0.6) is 5.75 Å². The molecular formula is C11H9F3N3O+. The Labute approximate surface area is 100 Å². The van der Waals surface area contributed by atoms with E-state index in [4.69, 9.17) is 5.84 Å². The minimum Gasteiger partial charge on any atom is -0.406 e. The normalized spacial score (nSPS) is 11.3. The molecule has 7 heteroatoms. The molecule has 0 unspecified atom stereocenters. The average Bonchev–Trinajstić information content (AvgIpc) is 2.29. The van der Waals surface area contributed by atoms with Gasteiger partial charge in [-0.3, -0.25) is 0 Å². The summed E-state index contributed by atoms with van der Waals surface area (Å²) < 4.78 is 39.7. The molecule has 0 saturated carbocycles. The van der Waals surface area contributed by atoms with E-state index in [1.807, 2.05) is 0 Å². The van der Waals surface area contributed by atoms with Crippen LogP contribution in [0.1, 0.15) is 0 Å². The lowest BCUT2D eigenvalue weighted by molar-refractivity contribution is -0.700. The largest absolute Gasteiger partial charge is 0.573 e. The Morgan fingerprint density at radius 3 is 2.22 bits per heavy atom. The number of benzene rings is 1. The minimum absolute atomic E-state index is 0.260. The Kier molecular flexibility index (Phi) is 3.05. The van der Waals surface area contributed by atoms with Crippen molar-refractivity contribution in [2.75, 3.05) is 5.84 Å². The minimum atomic E-state index is -4.68. The summed E-state index contributed by atoms with van der Waals surface area (Å²) in [4.78, 5) is 1.13. The molecular weight excluding hydrogens is 247 g/mol. The zero-order valence-electron chi connectivity index (χ0n) is 9.06. The zero-order chi connectivity index (χ0) is 13.2. The Morgan fingerprint density at radius 2 is 1.72 bits per heavy atom. The summed E-state index contributed by atoms with van der Waals surface area (Å²) in [6.45, 7) is 0. The van der Waals surface area contributed by atoms with Gasteiger partial charge in [-0.15, -0.1) is 13.2 Å². The van der Waals surface area contributed by atoms with Gasteiger partial charge in [0.1, 0.15) is 11.9 Å². The van der Waals surface area contributed by atoms with Crippen molar-refractivity contribution in [3.05, 3.63) is 42.7 Å². The molecule has 2 rings (SSSR count). The summed E-state index contributed by atoms with van der Waals surface area (Å²) in [5.74, 6) is 5.10. The standard InChI is InChI=1S/C11H9F3N3O/c12-11(13,14)18-10-3-1-8(2-4-10)9-5-6-17(15)16-7-9/h1-7H,(H2,15,16)/q+1. The number of nitrogen functional groups attached to an aromatic ring is 1. The molecule has 0 bridgehead atoms. The van der Waals surface area contributed by atoms with Crippen LogP contribution >= 0.6 is 0 Å². The monoisotopic (exact) mass is 256 g/mol. The SMILES string of the molecule is N[n+]1ccc(-c2ccc(OC(F)(F)F)cc2)cn1. The Bertz CT molecular complexity index is 523. The molecule has 0 fully saturated rings. The maximum Gasteiger partial charge on any atom is 0.573 e. The van der Waals surface area contributed by atoms with Crippen molar-refractivity contribution in [3.63, 3.8) is 0 Å². The van der Waals surface area contributed by atoms with Gasteiger partial charge in [-0.25, -0.2) is 0 Å². The zero-order valence-corrected chi connectivity index (χ0v) is 9.06. The van der Waals surface area contributed by atoms with Crippen LogP contribution in [0, 0.1) is 0 Å². The highest BCUT2D eigenvalue weighted by atomic mass is 19.4. The Morgan fingerprint density at radius 1 is 1.06 bits per heavy atom. The van der Waals surface area contributed by atoms with Crippen molar-refractivity contribution < 1.29 is 22.7 Å². The van der Waals surface area contributed by atoms with Crippen LogP contribution in [0.2, 0.25) is 0 Å². The van der Waals surface area contributed by atoms with Crippen LogP contribution < -0.4 is 15.4 Å². The first-order valence-electron chi connectivity index (χ1n) is 4.93. The van der Waals surface area contributed by atoms with Crippen LogP contribution in [-0.4, -0.2) is 11.5 Å². The van der Waals surface area contributed by atoms with Gasteiger partial charge in [-0.05, 0) is 17.7 Å². The number of rotatable bonds is 2. The van der Waals surface area contributed by atoms with Gasteiger partial charge in [0.15, 0.2) is 0 Å². The molecule has 0 aliphatic carbocycles. The maximum atomic E-state index is 12.0. The topological polar surface area (TPSA) is 52.0 Å². The fraction of sp³-hybridized carbons (Fsp3) is 0.0909. The molecule has 1 heterocycles. The smallest absolute Gasteiger partial charge is 0.406 e. The molecule has 2 N–H and O–H groups in total. The van der Waals surface area contributed by atoms with Gasteiger partial charge < -0.3 is 4.74 Å². The van der Waals surface area contributed by atoms with Crippen molar-refractivity contribution in [2.45, 2.75) is 6.36 Å². The fourth-order valence-electron chi connectivity index (χ4n) is 1.39. The van der Waals surface area contributed by atoms with Crippen LogP contribution in [-0.2, 0) is 0 Å². The van der Waals surface area contributed by atoms with Crippen LogP contribution in [0.3, 0.4) is 0 Å². The molecule has 2 aromatic rings. The van der Waals surface area contributed by atoms with Crippen molar-refractivity contribution in [2.24, 2.45) is 0 Å². The predicted octanol–water partition coefficient (Wildman–Crippen LogP) is 1.65. The van der Waals surface area contributed by atoms with Gasteiger partial charge >= 0.3 is 6.36 Å². The third-order valence-corrected chi connectivity index (χ3v) is 2.16. The maximum absolute atomic E-state index is 12.0. The second kappa shape index (κ2) is 4.52. The van der Waals surface area contributed by atoms with Crippen molar-refractivity contribution in [1.82, 2.24) is 5.10 Å². The molecule has 1 aromatic heterocycles. The number of hydrogen-bond donors (Lipinski definition) is 1. The summed E-state index contributed by atoms with van der Waals surface area (Å²) in [7, 11) is 0. The second-order valence-electron chi connectivity index (χ2n) is 3.47. The molecule has 18 heavy (non-hydrogen) atoms. The van der Waals surface area contributed by atoms with Crippen LogP contribution in [0.4, 0.5) is 13.2 Å². The predicted molar refractivity (Wildman–Crippen MR) is 56.7 cm³/mol. The first-order chi connectivity index (χ1) is 8.44. The molecule has 0 aliphatic heterocycles. The van der Waals surface area contributed by atoms with E-state index in [1.165, 1.54) is 36.7 Å². The van der Waals surface area contributed by atoms with Gasteiger partial charge in [-0.1, -0.05) is 12.1 Å². The van der Waals surface area contributed by atoms with E-state index in [0.717, 1.165) is 15.9 Å². The Hall–Kier alpha value is -2.31. The lowest BCUT2D eigenvalue weighted by Gasteiger charge is -2.08. The first-order valence-corrected chi connectivity index (χ1v) is 4.93. The van der Waals surface area contributed by atoms with E-state index in [1.54, 1.807) is 6.07 Å². The van der Waals surface area contributed by atoms with Gasteiger partial charge in [-0.2, -0.15) is 5.84 Å². The first kappa shape index (κ1) is 12.2. The highest BCUT2D eigenvalue weighted by Gasteiger charge is 2.30. The lowest BCUT2D eigenvalue weighted by atomic mass is 10.1. The highest BCUT2D eigenvalue weighted by Crippen LogP contribution is 2.25. The van der Waals surface area contributed by atoms with Gasteiger partial charge in [0, 0.05) is 21.5 Å². The van der Waals surface area contributed by atoms with Crippen molar-refractivity contribution >= 4 is 0 Å². The summed E-state index contributed by atoms with van der Waals surface area (Å²) in [5.41, 5.74) is 1.47. The molecule has 0 radical (unpaired) electrons. The molecule has 0 spiro atoms. The van der Waals surface area contributed by atoms with Gasteiger partial charge in [0.25, 0.3) is 0 Å². The summed E-state index contributed by atoms with van der Waals surface area (Å²) >= 11 is 0. The highest BCUT2D eigenvalue weighted by molar-refractivity contribution is 5.62. The van der Waals surface area contributed by atoms with Crippen molar-refractivity contribution in [1.29, 1.82) is 0 Å². The van der Waals surface area contributed by atoms with E-state index in [0.29, 0.717) is 0 Å². The van der Waals surface area contributed by atoms with E-state index in [-0.39, 0.29) is 5.75 Å². The molecule has 0 saturated heterocycles. The van der Waals surface area contributed by atoms with E-state index in [2.05, 4.69) is 9.84 Å². The molecule has 0 atom stereocenters. The molecule has 0 aliphatic rings. The molecule has 94 valence electrons. The summed E-state index contributed by atoms with van der Waals surface area (Å²) in [6.07, 6.45) is -1.63. The van der Waals surface area contributed by atoms with E-state index < -0.39 is 6.36 Å². The summed E-state index contributed by atoms with van der Waals surface area (Å²) in [6, 6.07) is 7.21. The second-order valence-corrected chi connectivity index (χ2v) is 3.47. The molecule has 0 amide bonds. The van der Waals surface area contributed by atoms with E-state index in [9.17, 15) is 13.2 Å². The third kappa shape index (κ3) is 3.09. The van der Waals surface area contributed by atoms with E-state index >= 15 is 0 Å². The van der Waals surface area contributed by atoms with Crippen molar-refractivity contribution in [3.8, 4) is 16.9 Å². The average molecular weight is 256 g/mol. The number of nitrogens with two attached hydrogens (primary N) is 1. The number of aromatic nitrogens is 2. The number of nitrogens with zero attached hydrogens (tertiary/aromatic N) is 2. The fourth-order valence-corrected chi connectivity index (χ4v) is 1.39. The lowest BCUT2D eigenvalue weighted by Crippen LogP contribution is -2.47.